The molecule has 0 aliphatic heterocycles. The van der Waals surface area contributed by atoms with Crippen LogP contribution in [0.2, 0.25) is 0 Å². The SMILES string of the molecule is CCNC(=NCCOCC1CC1)N(C)Cc1ccccc1.I. The molecule has 0 atom stereocenters. The Hall–Kier alpha value is -0.820. The monoisotopic (exact) mass is 417 g/mol. The molecular formula is C17H28IN3O. The minimum absolute atomic E-state index is 0. The number of hydrogen-bond donors (Lipinski definition) is 1. The van der Waals surface area contributed by atoms with Gasteiger partial charge in [-0.1, -0.05) is 30.3 Å². The first-order valence-electron chi connectivity index (χ1n) is 7.90. The number of halogens is 1. The standard InChI is InChI=1S/C17H27N3O.HI/c1-3-18-17(19-11-12-21-14-16-9-10-16)20(2)13-15-7-5-4-6-8-15;/h4-8,16H,3,9-14H2,1-2H3,(H,18,19);1H. The number of rotatable bonds is 8. The van der Waals surface area contributed by atoms with E-state index in [1.54, 1.807) is 0 Å². The summed E-state index contributed by atoms with van der Waals surface area (Å²) in [7, 11) is 2.07. The number of nitrogens with one attached hydrogen (secondary N) is 1. The van der Waals surface area contributed by atoms with E-state index >= 15 is 0 Å². The molecule has 124 valence electrons. The Morgan fingerprint density at radius 1 is 1.32 bits per heavy atom. The van der Waals surface area contributed by atoms with Gasteiger partial charge in [-0.3, -0.25) is 4.99 Å². The zero-order valence-corrected chi connectivity index (χ0v) is 16.0. The third-order valence-corrected chi connectivity index (χ3v) is 3.51. The van der Waals surface area contributed by atoms with Crippen molar-refractivity contribution in [3.63, 3.8) is 0 Å². The van der Waals surface area contributed by atoms with Crippen LogP contribution in [0.1, 0.15) is 25.3 Å². The molecule has 0 heterocycles. The van der Waals surface area contributed by atoms with Gasteiger partial charge in [-0.15, -0.1) is 24.0 Å². The summed E-state index contributed by atoms with van der Waals surface area (Å²) in [6.45, 7) is 6.16. The Balaban J connectivity index is 0.00000242. The van der Waals surface area contributed by atoms with E-state index in [4.69, 9.17) is 4.74 Å². The van der Waals surface area contributed by atoms with Crippen LogP contribution in [0.25, 0.3) is 0 Å². The Bertz CT molecular complexity index is 435. The van der Waals surface area contributed by atoms with E-state index in [0.717, 1.165) is 31.6 Å². The Morgan fingerprint density at radius 2 is 2.05 bits per heavy atom. The van der Waals surface area contributed by atoms with Gasteiger partial charge in [0, 0.05) is 26.7 Å². The first-order chi connectivity index (χ1) is 10.3. The number of hydrogen-bond acceptors (Lipinski definition) is 2. The van der Waals surface area contributed by atoms with Crippen molar-refractivity contribution >= 4 is 29.9 Å². The second-order valence-electron chi connectivity index (χ2n) is 5.60. The number of guanidine groups is 1. The first-order valence-corrected chi connectivity index (χ1v) is 7.90. The normalized spacial score (nSPS) is 14.4. The predicted molar refractivity (Wildman–Crippen MR) is 103 cm³/mol. The van der Waals surface area contributed by atoms with Crippen LogP contribution in [0.4, 0.5) is 0 Å². The predicted octanol–water partition coefficient (Wildman–Crippen LogP) is 3.13. The summed E-state index contributed by atoms with van der Waals surface area (Å²) in [5, 5.41) is 3.34. The fourth-order valence-corrected chi connectivity index (χ4v) is 2.15. The topological polar surface area (TPSA) is 36.9 Å². The average molecular weight is 417 g/mol. The minimum atomic E-state index is 0. The highest BCUT2D eigenvalue weighted by Gasteiger charge is 2.20. The van der Waals surface area contributed by atoms with Gasteiger partial charge in [-0.05, 0) is 31.2 Å². The summed E-state index contributed by atoms with van der Waals surface area (Å²) < 4.78 is 5.63. The molecule has 1 aliphatic carbocycles. The van der Waals surface area contributed by atoms with Crippen LogP contribution in [-0.2, 0) is 11.3 Å². The van der Waals surface area contributed by atoms with E-state index in [0.29, 0.717) is 13.2 Å². The molecule has 22 heavy (non-hydrogen) atoms. The largest absolute Gasteiger partial charge is 0.379 e. The maximum Gasteiger partial charge on any atom is 0.194 e. The molecule has 5 heteroatoms. The van der Waals surface area contributed by atoms with Gasteiger partial charge in [0.1, 0.15) is 0 Å². The van der Waals surface area contributed by atoms with Crippen LogP contribution in [0.15, 0.2) is 35.3 Å². The van der Waals surface area contributed by atoms with E-state index in [1.807, 2.05) is 6.07 Å². The molecule has 1 saturated carbocycles. The quantitative estimate of drug-likeness (QED) is 0.306. The van der Waals surface area contributed by atoms with Gasteiger partial charge in [0.25, 0.3) is 0 Å². The zero-order chi connectivity index (χ0) is 14.9. The third kappa shape index (κ3) is 7.45. The summed E-state index contributed by atoms with van der Waals surface area (Å²) in [5.41, 5.74) is 1.29. The van der Waals surface area contributed by atoms with Crippen LogP contribution >= 0.6 is 24.0 Å². The van der Waals surface area contributed by atoms with E-state index in [2.05, 4.69) is 53.4 Å². The molecular weight excluding hydrogens is 389 g/mol. The second kappa shape index (κ2) is 10.8. The number of nitrogens with zero attached hydrogens (tertiary/aromatic N) is 2. The Kier molecular flexibility index (Phi) is 9.47. The molecule has 2 rings (SSSR count). The molecule has 1 aromatic rings. The van der Waals surface area contributed by atoms with Gasteiger partial charge in [0.15, 0.2) is 5.96 Å². The van der Waals surface area contributed by atoms with Gasteiger partial charge >= 0.3 is 0 Å². The highest BCUT2D eigenvalue weighted by Crippen LogP contribution is 2.28. The average Bonchev–Trinajstić information content (AvgIpc) is 3.31. The number of ether oxygens (including phenoxy) is 1. The highest BCUT2D eigenvalue weighted by molar-refractivity contribution is 14.0. The minimum Gasteiger partial charge on any atom is -0.379 e. The van der Waals surface area contributed by atoms with Crippen LogP contribution in [0.5, 0.6) is 0 Å². The highest BCUT2D eigenvalue weighted by atomic mass is 127. The molecule has 0 spiro atoms. The molecule has 1 fully saturated rings. The molecule has 1 N–H and O–H groups in total. The van der Waals surface area contributed by atoms with Gasteiger partial charge in [0.2, 0.25) is 0 Å². The summed E-state index contributed by atoms with van der Waals surface area (Å²) in [5.74, 6) is 1.76. The van der Waals surface area contributed by atoms with Gasteiger partial charge in [0.05, 0.1) is 13.2 Å². The summed E-state index contributed by atoms with van der Waals surface area (Å²) >= 11 is 0. The number of benzene rings is 1. The van der Waals surface area contributed by atoms with Crippen LogP contribution in [-0.4, -0.2) is 44.2 Å². The molecule has 0 aromatic heterocycles. The maximum absolute atomic E-state index is 5.63. The molecule has 0 unspecified atom stereocenters. The molecule has 1 aromatic carbocycles. The van der Waals surface area contributed by atoms with Crippen molar-refractivity contribution in [3.8, 4) is 0 Å². The van der Waals surface area contributed by atoms with Gasteiger partial charge < -0.3 is 15.0 Å². The lowest BCUT2D eigenvalue weighted by Gasteiger charge is -2.22. The van der Waals surface area contributed by atoms with Crippen LogP contribution in [0.3, 0.4) is 0 Å². The molecule has 0 radical (unpaired) electrons. The molecule has 4 nitrogen and oxygen atoms in total. The van der Waals surface area contributed by atoms with Crippen LogP contribution < -0.4 is 5.32 Å². The van der Waals surface area contributed by atoms with Crippen molar-refractivity contribution in [2.45, 2.75) is 26.3 Å². The van der Waals surface area contributed by atoms with Crippen molar-refractivity contribution < 1.29 is 4.74 Å². The number of aliphatic imine (C=N–C) groups is 1. The van der Waals surface area contributed by atoms with E-state index in [-0.39, 0.29) is 24.0 Å². The van der Waals surface area contributed by atoms with Crippen molar-refractivity contribution in [1.29, 1.82) is 0 Å². The van der Waals surface area contributed by atoms with Crippen molar-refractivity contribution in [2.24, 2.45) is 10.9 Å². The lowest BCUT2D eigenvalue weighted by molar-refractivity contribution is 0.131. The van der Waals surface area contributed by atoms with E-state index in [1.165, 1.54) is 18.4 Å². The van der Waals surface area contributed by atoms with Crippen molar-refractivity contribution in [2.75, 3.05) is 33.4 Å². The molecule has 0 saturated heterocycles. The fourth-order valence-electron chi connectivity index (χ4n) is 2.15. The zero-order valence-electron chi connectivity index (χ0n) is 13.6. The summed E-state index contributed by atoms with van der Waals surface area (Å²) in [6, 6.07) is 10.5. The Morgan fingerprint density at radius 3 is 2.68 bits per heavy atom. The Labute approximate surface area is 151 Å². The van der Waals surface area contributed by atoms with E-state index < -0.39 is 0 Å². The molecule has 0 bridgehead atoms. The van der Waals surface area contributed by atoms with Gasteiger partial charge in [-0.25, -0.2) is 0 Å². The molecule has 0 amide bonds. The van der Waals surface area contributed by atoms with Crippen molar-refractivity contribution in [1.82, 2.24) is 10.2 Å². The maximum atomic E-state index is 5.63. The summed E-state index contributed by atoms with van der Waals surface area (Å²) in [6.07, 6.45) is 2.68. The van der Waals surface area contributed by atoms with Crippen LogP contribution in [0, 0.1) is 5.92 Å². The first kappa shape index (κ1) is 19.2. The summed E-state index contributed by atoms with van der Waals surface area (Å²) in [4.78, 5) is 6.79. The smallest absolute Gasteiger partial charge is 0.194 e. The lowest BCUT2D eigenvalue weighted by Crippen LogP contribution is -2.38. The third-order valence-electron chi connectivity index (χ3n) is 3.51. The fraction of sp³-hybridized carbons (Fsp3) is 0.588. The van der Waals surface area contributed by atoms with E-state index in [9.17, 15) is 0 Å². The lowest BCUT2D eigenvalue weighted by atomic mass is 10.2. The van der Waals surface area contributed by atoms with Gasteiger partial charge in [-0.2, -0.15) is 0 Å². The van der Waals surface area contributed by atoms with Crippen molar-refractivity contribution in [3.05, 3.63) is 35.9 Å². The molecule has 1 aliphatic rings. The second-order valence-corrected chi connectivity index (χ2v) is 5.60.